The van der Waals surface area contributed by atoms with Gasteiger partial charge in [0.25, 0.3) is 0 Å². The first-order valence-corrected chi connectivity index (χ1v) is 11.6. The zero-order valence-electron chi connectivity index (χ0n) is 18.6. The topological polar surface area (TPSA) is 52.6 Å². The Morgan fingerprint density at radius 1 is 0.964 bits per heavy atom. The lowest BCUT2D eigenvalue weighted by molar-refractivity contribution is -0.219. The van der Waals surface area contributed by atoms with Crippen LogP contribution in [-0.4, -0.2) is 24.1 Å². The van der Waals surface area contributed by atoms with E-state index in [1.807, 2.05) is 20.8 Å². The van der Waals surface area contributed by atoms with E-state index >= 15 is 0 Å². The van der Waals surface area contributed by atoms with Gasteiger partial charge in [-0.25, -0.2) is 4.79 Å². The molecule has 4 aliphatic carbocycles. The van der Waals surface area contributed by atoms with Gasteiger partial charge in [0.2, 0.25) is 0 Å². The Morgan fingerprint density at radius 3 is 1.96 bits per heavy atom. The molecule has 4 aliphatic rings. The second-order valence-corrected chi connectivity index (χ2v) is 10.4. The fraction of sp³-hybridized carbons (Fsp3) is 0.917. The second-order valence-electron chi connectivity index (χ2n) is 10.4. The molecule has 0 saturated heterocycles. The van der Waals surface area contributed by atoms with Crippen LogP contribution >= 0.6 is 0 Å². The van der Waals surface area contributed by atoms with Crippen molar-refractivity contribution in [3.05, 3.63) is 0 Å². The molecule has 0 aromatic rings. The summed E-state index contributed by atoms with van der Waals surface area (Å²) in [6, 6.07) is 0. The molecular weight excluding hydrogens is 352 g/mol. The summed E-state index contributed by atoms with van der Waals surface area (Å²) in [5, 5.41) is 0. The maximum Gasteiger partial charge on any atom is 0.344 e. The first-order chi connectivity index (χ1) is 13.2. The highest BCUT2D eigenvalue weighted by atomic mass is 16.6. The highest BCUT2D eigenvalue weighted by Crippen LogP contribution is 2.61. The van der Waals surface area contributed by atoms with E-state index in [1.54, 1.807) is 0 Å². The quantitative estimate of drug-likeness (QED) is 0.484. The molecule has 4 bridgehead atoms. The molecule has 0 amide bonds. The molecule has 4 heteroatoms. The van der Waals surface area contributed by atoms with Gasteiger partial charge in [0.15, 0.2) is 6.61 Å². The summed E-state index contributed by atoms with van der Waals surface area (Å²) in [6.07, 6.45) is 10.1. The van der Waals surface area contributed by atoms with Crippen molar-refractivity contribution in [2.75, 3.05) is 6.61 Å². The molecule has 0 aliphatic heterocycles. The third kappa shape index (κ3) is 4.11. The van der Waals surface area contributed by atoms with Gasteiger partial charge in [-0.05, 0) is 88.4 Å². The van der Waals surface area contributed by atoms with Crippen LogP contribution in [0.5, 0.6) is 0 Å². The fourth-order valence-electron chi connectivity index (χ4n) is 6.26. The van der Waals surface area contributed by atoms with Gasteiger partial charge >= 0.3 is 11.9 Å². The lowest BCUT2D eigenvalue weighted by Gasteiger charge is -2.61. The second kappa shape index (κ2) is 8.36. The number of esters is 2. The van der Waals surface area contributed by atoms with Gasteiger partial charge in [-0.15, -0.1) is 0 Å². The van der Waals surface area contributed by atoms with Gasteiger partial charge in [0.1, 0.15) is 5.60 Å². The van der Waals surface area contributed by atoms with Crippen molar-refractivity contribution in [3.63, 3.8) is 0 Å². The van der Waals surface area contributed by atoms with Crippen LogP contribution in [0.1, 0.15) is 92.4 Å². The van der Waals surface area contributed by atoms with Gasteiger partial charge in [-0.1, -0.05) is 33.6 Å². The number of ether oxygens (including phenoxy) is 2. The maximum atomic E-state index is 12.8. The van der Waals surface area contributed by atoms with Gasteiger partial charge in [0, 0.05) is 0 Å². The standard InChI is InChI=1S/C24H40O4/c1-6-16(7-2)14-24(19-10-17-9-18(12-19)13-20(24)11-17)28-21(25)15-27-22(26)23(4,5)8-3/h16-20H,6-15H2,1-5H3. The number of hydrogen-bond acceptors (Lipinski definition) is 4. The van der Waals surface area contributed by atoms with Crippen LogP contribution in [0.15, 0.2) is 0 Å². The molecule has 0 aromatic heterocycles. The molecule has 0 aromatic carbocycles. The molecule has 160 valence electrons. The molecule has 0 radical (unpaired) electrons. The predicted octanol–water partition coefficient (Wildman–Crippen LogP) is 5.53. The summed E-state index contributed by atoms with van der Waals surface area (Å²) in [4.78, 5) is 25.1. The normalized spacial score (nSPS) is 33.9. The molecule has 0 atom stereocenters. The van der Waals surface area contributed by atoms with Gasteiger partial charge < -0.3 is 9.47 Å². The van der Waals surface area contributed by atoms with Crippen LogP contribution in [0.3, 0.4) is 0 Å². The summed E-state index contributed by atoms with van der Waals surface area (Å²) in [6.45, 7) is 9.90. The van der Waals surface area contributed by atoms with E-state index in [0.717, 1.165) is 31.1 Å². The first kappa shape index (κ1) is 21.6. The van der Waals surface area contributed by atoms with Crippen LogP contribution in [0.25, 0.3) is 0 Å². The van der Waals surface area contributed by atoms with Crippen molar-refractivity contribution in [1.82, 2.24) is 0 Å². The summed E-state index contributed by atoms with van der Waals surface area (Å²) in [7, 11) is 0. The van der Waals surface area contributed by atoms with Gasteiger partial charge in [-0.2, -0.15) is 0 Å². The Kier molecular flexibility index (Phi) is 6.46. The molecule has 4 rings (SSSR count). The van der Waals surface area contributed by atoms with Crippen LogP contribution in [0, 0.1) is 35.0 Å². The monoisotopic (exact) mass is 392 g/mol. The summed E-state index contributed by atoms with van der Waals surface area (Å²) in [5.41, 5.74) is -0.885. The molecular formula is C24H40O4. The zero-order valence-corrected chi connectivity index (χ0v) is 18.6. The summed E-state index contributed by atoms with van der Waals surface area (Å²) < 4.78 is 11.7. The lowest BCUT2D eigenvalue weighted by atomic mass is 9.48. The lowest BCUT2D eigenvalue weighted by Crippen LogP contribution is -2.60. The number of carbonyl (C=O) groups is 2. The summed E-state index contributed by atoms with van der Waals surface area (Å²) in [5.74, 6) is 2.59. The van der Waals surface area contributed by atoms with Crippen LogP contribution in [0.4, 0.5) is 0 Å². The van der Waals surface area contributed by atoms with Crippen LogP contribution < -0.4 is 0 Å². The minimum absolute atomic E-state index is 0.251. The average molecular weight is 393 g/mol. The average Bonchev–Trinajstić information content (AvgIpc) is 2.67. The highest BCUT2D eigenvalue weighted by molar-refractivity contribution is 5.80. The van der Waals surface area contributed by atoms with Crippen molar-refractivity contribution >= 4 is 11.9 Å². The minimum atomic E-state index is -0.559. The van der Waals surface area contributed by atoms with Crippen molar-refractivity contribution in [2.45, 2.75) is 98.0 Å². The Morgan fingerprint density at radius 2 is 1.50 bits per heavy atom. The third-order valence-electron chi connectivity index (χ3n) is 8.34. The van der Waals surface area contributed by atoms with Crippen molar-refractivity contribution in [1.29, 1.82) is 0 Å². The Hall–Kier alpha value is -1.06. The van der Waals surface area contributed by atoms with Crippen molar-refractivity contribution in [3.8, 4) is 0 Å². The largest absolute Gasteiger partial charge is 0.456 e. The highest BCUT2D eigenvalue weighted by Gasteiger charge is 2.59. The van der Waals surface area contributed by atoms with Gasteiger partial charge in [0.05, 0.1) is 5.41 Å². The molecule has 4 fully saturated rings. The number of hydrogen-bond donors (Lipinski definition) is 0. The number of rotatable bonds is 9. The third-order valence-corrected chi connectivity index (χ3v) is 8.34. The van der Waals surface area contributed by atoms with Gasteiger partial charge in [-0.3, -0.25) is 4.79 Å². The molecule has 4 saturated carbocycles. The summed E-state index contributed by atoms with van der Waals surface area (Å²) >= 11 is 0. The molecule has 4 nitrogen and oxygen atoms in total. The Bertz CT molecular complexity index is 547. The van der Waals surface area contributed by atoms with Crippen LogP contribution in [0.2, 0.25) is 0 Å². The van der Waals surface area contributed by atoms with E-state index in [2.05, 4.69) is 13.8 Å². The fourth-order valence-corrected chi connectivity index (χ4v) is 6.26. The van der Waals surface area contributed by atoms with E-state index in [4.69, 9.17) is 9.47 Å². The van der Waals surface area contributed by atoms with E-state index in [0.29, 0.717) is 24.2 Å². The SMILES string of the molecule is CCC(CC)CC1(OC(=O)COC(=O)C(C)(C)CC)C2CC3CC(C2)CC1C3. The molecule has 0 heterocycles. The molecule has 0 spiro atoms. The Labute approximate surface area is 171 Å². The first-order valence-electron chi connectivity index (χ1n) is 11.6. The van der Waals surface area contributed by atoms with E-state index in [9.17, 15) is 9.59 Å². The minimum Gasteiger partial charge on any atom is -0.456 e. The van der Waals surface area contributed by atoms with E-state index < -0.39 is 5.41 Å². The zero-order chi connectivity index (χ0) is 20.5. The molecule has 0 N–H and O–H groups in total. The van der Waals surface area contributed by atoms with Crippen molar-refractivity contribution < 1.29 is 19.1 Å². The number of carbonyl (C=O) groups excluding carboxylic acids is 2. The van der Waals surface area contributed by atoms with Crippen LogP contribution in [-0.2, 0) is 19.1 Å². The Balaban J connectivity index is 1.72. The van der Waals surface area contributed by atoms with E-state index in [1.165, 1.54) is 32.1 Å². The molecule has 0 unspecified atom stereocenters. The molecule has 28 heavy (non-hydrogen) atoms. The maximum absolute atomic E-state index is 12.8. The van der Waals surface area contributed by atoms with E-state index in [-0.39, 0.29) is 24.1 Å². The van der Waals surface area contributed by atoms with Crippen molar-refractivity contribution in [2.24, 2.45) is 35.0 Å². The predicted molar refractivity (Wildman–Crippen MR) is 110 cm³/mol. The smallest absolute Gasteiger partial charge is 0.344 e.